The summed E-state index contributed by atoms with van der Waals surface area (Å²) in [6.07, 6.45) is 0.951. The second-order valence-corrected chi connectivity index (χ2v) is 5.66. The molecule has 1 heterocycles. The Hall–Kier alpha value is -1.39. The molecule has 0 saturated heterocycles. The van der Waals surface area contributed by atoms with Crippen LogP contribution in [0.4, 0.5) is 0 Å². The molecule has 19 heavy (non-hydrogen) atoms. The van der Waals surface area contributed by atoms with Crippen LogP contribution in [0.5, 0.6) is 0 Å². The van der Waals surface area contributed by atoms with Crippen LogP contribution >= 0.6 is 11.8 Å². The molecule has 1 aromatic heterocycles. The van der Waals surface area contributed by atoms with Crippen LogP contribution in [0.3, 0.4) is 0 Å². The number of aryl methyl sites for hydroxylation is 2. The van der Waals surface area contributed by atoms with Crippen molar-refractivity contribution in [2.75, 3.05) is 0 Å². The zero-order valence-corrected chi connectivity index (χ0v) is 12.4. The van der Waals surface area contributed by atoms with Gasteiger partial charge in [-0.2, -0.15) is 0 Å². The topological polar surface area (TPSA) is 51.8 Å². The maximum atomic E-state index is 6.01. The van der Waals surface area contributed by atoms with Crippen LogP contribution < -0.4 is 5.73 Å². The molecule has 0 amide bonds. The second kappa shape index (κ2) is 6.17. The Morgan fingerprint density at radius 1 is 1.11 bits per heavy atom. The summed E-state index contributed by atoms with van der Waals surface area (Å²) in [4.78, 5) is 10.00. The molecule has 0 aliphatic rings. The number of aromatic nitrogens is 2. The number of rotatable bonds is 4. The maximum absolute atomic E-state index is 6.01. The van der Waals surface area contributed by atoms with Crippen LogP contribution in [-0.2, 0) is 0 Å². The lowest BCUT2D eigenvalue weighted by Gasteiger charge is -2.09. The average molecular weight is 273 g/mol. The highest BCUT2D eigenvalue weighted by molar-refractivity contribution is 7.99. The van der Waals surface area contributed by atoms with Gasteiger partial charge in [-0.1, -0.05) is 19.1 Å². The first-order valence-electron chi connectivity index (χ1n) is 6.44. The van der Waals surface area contributed by atoms with E-state index >= 15 is 0 Å². The summed E-state index contributed by atoms with van der Waals surface area (Å²) in [5.74, 6) is 0. The maximum Gasteiger partial charge on any atom is 0.192 e. The first-order chi connectivity index (χ1) is 9.08. The minimum Gasteiger partial charge on any atom is -0.324 e. The standard InChI is InChI=1S/C15H19N3S/c1-4-14(16)12-5-7-13(8-6-12)19-15-17-10(2)9-11(3)18-15/h5-9,14H,4,16H2,1-3H3/t14-/m0/s1. The largest absolute Gasteiger partial charge is 0.324 e. The molecule has 0 aliphatic carbocycles. The SMILES string of the molecule is CC[C@H](N)c1ccc(Sc2nc(C)cc(C)n2)cc1. The molecule has 3 nitrogen and oxygen atoms in total. The van der Waals surface area contributed by atoms with E-state index in [1.807, 2.05) is 19.9 Å². The van der Waals surface area contributed by atoms with Crippen molar-refractivity contribution in [1.82, 2.24) is 9.97 Å². The van der Waals surface area contributed by atoms with Crippen LogP contribution in [0.1, 0.15) is 36.3 Å². The summed E-state index contributed by atoms with van der Waals surface area (Å²) in [6, 6.07) is 10.4. The molecule has 0 radical (unpaired) electrons. The van der Waals surface area contributed by atoms with E-state index in [1.165, 1.54) is 5.56 Å². The Balaban J connectivity index is 2.15. The fourth-order valence-electron chi connectivity index (χ4n) is 1.86. The summed E-state index contributed by atoms with van der Waals surface area (Å²) >= 11 is 1.58. The van der Waals surface area contributed by atoms with Gasteiger partial charge in [0.25, 0.3) is 0 Å². The van der Waals surface area contributed by atoms with Crippen LogP contribution in [-0.4, -0.2) is 9.97 Å². The predicted octanol–water partition coefficient (Wildman–Crippen LogP) is 3.65. The van der Waals surface area contributed by atoms with E-state index in [2.05, 4.69) is 41.2 Å². The third-order valence-electron chi connectivity index (χ3n) is 2.92. The van der Waals surface area contributed by atoms with E-state index in [4.69, 9.17) is 5.73 Å². The lowest BCUT2D eigenvalue weighted by Crippen LogP contribution is -2.07. The molecule has 0 saturated carbocycles. The highest BCUT2D eigenvalue weighted by atomic mass is 32.2. The van der Waals surface area contributed by atoms with Crippen LogP contribution in [0.25, 0.3) is 0 Å². The Labute approximate surface area is 118 Å². The average Bonchev–Trinajstić information content (AvgIpc) is 2.37. The molecule has 2 aromatic rings. The molecule has 100 valence electrons. The summed E-state index contributed by atoms with van der Waals surface area (Å²) in [6.45, 7) is 6.07. The van der Waals surface area contributed by atoms with E-state index in [0.717, 1.165) is 27.9 Å². The lowest BCUT2D eigenvalue weighted by atomic mass is 10.1. The van der Waals surface area contributed by atoms with Gasteiger partial charge in [0.15, 0.2) is 5.16 Å². The fraction of sp³-hybridized carbons (Fsp3) is 0.333. The second-order valence-electron chi connectivity index (χ2n) is 4.62. The first kappa shape index (κ1) is 14.0. The van der Waals surface area contributed by atoms with Gasteiger partial charge in [0.1, 0.15) is 0 Å². The van der Waals surface area contributed by atoms with Crippen molar-refractivity contribution in [2.45, 2.75) is 43.3 Å². The van der Waals surface area contributed by atoms with Gasteiger partial charge in [-0.3, -0.25) is 0 Å². The summed E-state index contributed by atoms with van der Waals surface area (Å²) < 4.78 is 0. The van der Waals surface area contributed by atoms with Crippen molar-refractivity contribution >= 4 is 11.8 Å². The van der Waals surface area contributed by atoms with Crippen LogP contribution in [0.2, 0.25) is 0 Å². The smallest absolute Gasteiger partial charge is 0.192 e. The van der Waals surface area contributed by atoms with Crippen molar-refractivity contribution < 1.29 is 0 Å². The van der Waals surface area contributed by atoms with Crippen molar-refractivity contribution in [3.8, 4) is 0 Å². The van der Waals surface area contributed by atoms with Gasteiger partial charge in [0, 0.05) is 22.3 Å². The Morgan fingerprint density at radius 3 is 2.21 bits per heavy atom. The molecule has 0 spiro atoms. The fourth-order valence-corrected chi connectivity index (χ4v) is 2.73. The zero-order valence-electron chi connectivity index (χ0n) is 11.6. The third kappa shape index (κ3) is 3.78. The molecular formula is C15H19N3S. The monoisotopic (exact) mass is 273 g/mol. The van der Waals surface area contributed by atoms with E-state index in [9.17, 15) is 0 Å². The van der Waals surface area contributed by atoms with E-state index < -0.39 is 0 Å². The molecule has 0 bridgehead atoms. The normalized spacial score (nSPS) is 12.4. The van der Waals surface area contributed by atoms with E-state index in [-0.39, 0.29) is 6.04 Å². The molecule has 4 heteroatoms. The molecule has 1 atom stereocenters. The highest BCUT2D eigenvalue weighted by Crippen LogP contribution is 2.26. The molecule has 0 aliphatic heterocycles. The lowest BCUT2D eigenvalue weighted by molar-refractivity contribution is 0.698. The molecule has 0 unspecified atom stereocenters. The summed E-state index contributed by atoms with van der Waals surface area (Å²) in [7, 11) is 0. The summed E-state index contributed by atoms with van der Waals surface area (Å²) in [5, 5.41) is 0.796. The van der Waals surface area contributed by atoms with Gasteiger partial charge in [-0.05, 0) is 55.8 Å². The number of hydrogen-bond donors (Lipinski definition) is 1. The van der Waals surface area contributed by atoms with Gasteiger partial charge < -0.3 is 5.73 Å². The Morgan fingerprint density at radius 2 is 1.68 bits per heavy atom. The molecule has 2 rings (SSSR count). The highest BCUT2D eigenvalue weighted by Gasteiger charge is 2.05. The quantitative estimate of drug-likeness (QED) is 0.864. The molecule has 2 N–H and O–H groups in total. The minimum absolute atomic E-state index is 0.122. The Kier molecular flexibility index (Phi) is 4.56. The van der Waals surface area contributed by atoms with Crippen LogP contribution in [0.15, 0.2) is 40.4 Å². The predicted molar refractivity (Wildman–Crippen MR) is 79.3 cm³/mol. The first-order valence-corrected chi connectivity index (χ1v) is 7.26. The third-order valence-corrected chi connectivity index (χ3v) is 3.79. The molecule has 1 aromatic carbocycles. The van der Waals surface area contributed by atoms with Crippen molar-refractivity contribution in [1.29, 1.82) is 0 Å². The van der Waals surface area contributed by atoms with Crippen molar-refractivity contribution in [3.63, 3.8) is 0 Å². The number of nitrogens with zero attached hydrogens (tertiary/aromatic N) is 2. The molecule has 0 fully saturated rings. The van der Waals surface area contributed by atoms with E-state index in [0.29, 0.717) is 0 Å². The van der Waals surface area contributed by atoms with Gasteiger partial charge in [-0.25, -0.2) is 9.97 Å². The van der Waals surface area contributed by atoms with Crippen molar-refractivity contribution in [2.24, 2.45) is 5.73 Å². The van der Waals surface area contributed by atoms with Gasteiger partial charge >= 0.3 is 0 Å². The van der Waals surface area contributed by atoms with Gasteiger partial charge in [0.05, 0.1) is 0 Å². The summed E-state index contributed by atoms with van der Waals surface area (Å²) in [5.41, 5.74) is 9.18. The van der Waals surface area contributed by atoms with E-state index in [1.54, 1.807) is 11.8 Å². The minimum atomic E-state index is 0.122. The number of benzene rings is 1. The zero-order chi connectivity index (χ0) is 13.8. The molecular weight excluding hydrogens is 254 g/mol. The number of hydrogen-bond acceptors (Lipinski definition) is 4. The Bertz CT molecular complexity index is 532. The van der Waals surface area contributed by atoms with Crippen molar-refractivity contribution in [3.05, 3.63) is 47.3 Å². The van der Waals surface area contributed by atoms with Gasteiger partial charge in [-0.15, -0.1) is 0 Å². The number of nitrogens with two attached hydrogens (primary N) is 1. The van der Waals surface area contributed by atoms with Gasteiger partial charge in [0.2, 0.25) is 0 Å². The van der Waals surface area contributed by atoms with Crippen LogP contribution in [0, 0.1) is 13.8 Å².